The predicted octanol–water partition coefficient (Wildman–Crippen LogP) is -2.77. The van der Waals surface area contributed by atoms with Gasteiger partial charge in [0, 0.05) is 18.0 Å². The summed E-state index contributed by atoms with van der Waals surface area (Å²) in [5.74, 6) is -0.550. The van der Waals surface area contributed by atoms with Crippen LogP contribution in [0.3, 0.4) is 0 Å². The first kappa shape index (κ1) is 17.1. The van der Waals surface area contributed by atoms with E-state index in [1.165, 1.54) is 24.5 Å². The normalized spacial score (nSPS) is 17.2. The Bertz CT molecular complexity index is 469. The van der Waals surface area contributed by atoms with E-state index in [9.17, 15) is 20.1 Å². The average Bonchev–Trinajstić information content (AvgIpc) is 2.53. The van der Waals surface area contributed by atoms with Gasteiger partial charge in [0.15, 0.2) is 0 Å². The molecule has 0 bridgehead atoms. The molecule has 1 amide bonds. The Balaban J connectivity index is 2.51. The smallest absolute Gasteiger partial charge is 0.271 e. The first-order valence-electron chi connectivity index (χ1n) is 6.04. The Morgan fingerprint density at radius 1 is 1.24 bits per heavy atom. The van der Waals surface area contributed by atoms with Crippen LogP contribution in [0.4, 0.5) is 0 Å². The quantitative estimate of drug-likeness (QED) is 0.235. The third-order valence-corrected chi connectivity index (χ3v) is 2.62. The maximum Gasteiger partial charge on any atom is 0.271 e. The minimum Gasteiger partial charge on any atom is -0.394 e. The number of amides is 1. The van der Waals surface area contributed by atoms with Crippen LogP contribution in [-0.4, -0.2) is 73.7 Å². The number of nitrogens with one attached hydrogen (secondary N) is 1. The molecule has 0 aliphatic heterocycles. The number of rotatable bonds is 7. The number of nitrogens with zero attached hydrogens (tertiary/aromatic N) is 2. The van der Waals surface area contributed by atoms with Crippen LogP contribution < -0.4 is 5.43 Å². The lowest BCUT2D eigenvalue weighted by atomic mass is 10.0. The monoisotopic (exact) mass is 299 g/mol. The largest absolute Gasteiger partial charge is 0.394 e. The van der Waals surface area contributed by atoms with E-state index in [-0.39, 0.29) is 0 Å². The van der Waals surface area contributed by atoms with Crippen molar-refractivity contribution in [1.29, 1.82) is 0 Å². The lowest BCUT2D eigenvalue weighted by Gasteiger charge is -2.23. The fourth-order valence-corrected chi connectivity index (χ4v) is 1.37. The summed E-state index contributed by atoms with van der Waals surface area (Å²) in [7, 11) is 0. The zero-order chi connectivity index (χ0) is 15.8. The van der Waals surface area contributed by atoms with Gasteiger partial charge in [-0.15, -0.1) is 0 Å². The Morgan fingerprint density at radius 2 is 1.86 bits per heavy atom. The van der Waals surface area contributed by atoms with Crippen molar-refractivity contribution in [2.75, 3.05) is 6.61 Å². The van der Waals surface area contributed by atoms with Crippen LogP contribution in [-0.2, 0) is 0 Å². The molecule has 0 aliphatic rings. The molecule has 0 aromatic carbocycles. The first-order chi connectivity index (χ1) is 9.97. The Hall–Kier alpha value is -1.91. The predicted molar refractivity (Wildman–Crippen MR) is 71.3 cm³/mol. The molecular weight excluding hydrogens is 282 g/mol. The number of aromatic nitrogens is 1. The summed E-state index contributed by atoms with van der Waals surface area (Å²) < 4.78 is 0. The van der Waals surface area contributed by atoms with Crippen molar-refractivity contribution in [2.45, 2.75) is 24.4 Å². The van der Waals surface area contributed by atoms with Crippen LogP contribution in [0.1, 0.15) is 10.4 Å². The van der Waals surface area contributed by atoms with E-state index >= 15 is 0 Å². The second kappa shape index (κ2) is 8.39. The van der Waals surface area contributed by atoms with Crippen LogP contribution >= 0.6 is 0 Å². The Morgan fingerprint density at radius 3 is 2.43 bits per heavy atom. The summed E-state index contributed by atoms with van der Waals surface area (Å²) in [4.78, 5) is 15.3. The molecule has 9 heteroatoms. The van der Waals surface area contributed by atoms with E-state index in [2.05, 4.69) is 15.5 Å². The molecule has 21 heavy (non-hydrogen) atoms. The zero-order valence-corrected chi connectivity index (χ0v) is 10.9. The number of aliphatic hydroxyl groups is 5. The summed E-state index contributed by atoms with van der Waals surface area (Å²) in [6, 6.07) is 2.91. The van der Waals surface area contributed by atoms with Crippen molar-refractivity contribution in [3.63, 3.8) is 0 Å². The van der Waals surface area contributed by atoms with Crippen LogP contribution in [0.15, 0.2) is 29.6 Å². The molecule has 0 saturated carbocycles. The van der Waals surface area contributed by atoms with Crippen molar-refractivity contribution >= 4 is 12.1 Å². The van der Waals surface area contributed by atoms with Crippen LogP contribution in [0.5, 0.6) is 0 Å². The third-order valence-electron chi connectivity index (χ3n) is 2.62. The number of pyridine rings is 1. The number of carbonyl (C=O) groups is 1. The molecule has 0 unspecified atom stereocenters. The number of hydrogen-bond acceptors (Lipinski definition) is 8. The standard InChI is InChI=1S/C12H17N3O6/c16-6-9(18)11(20)10(19)8(17)5-14-15-12(21)7-1-3-13-4-2-7/h1-5,8-11,16-20H,6H2,(H,15,21)/b14-5+/t8-,9+,10+,11+/m0/s1. The van der Waals surface area contributed by atoms with Gasteiger partial charge in [-0.3, -0.25) is 9.78 Å². The summed E-state index contributed by atoms with van der Waals surface area (Å²) in [6.45, 7) is -0.777. The highest BCUT2D eigenvalue weighted by Gasteiger charge is 2.29. The van der Waals surface area contributed by atoms with Gasteiger partial charge >= 0.3 is 0 Å². The molecule has 1 heterocycles. The van der Waals surface area contributed by atoms with Gasteiger partial charge in [0.1, 0.15) is 24.4 Å². The summed E-state index contributed by atoms with van der Waals surface area (Å²) in [5.41, 5.74) is 2.40. The molecule has 1 aromatic heterocycles. The highest BCUT2D eigenvalue weighted by atomic mass is 16.4. The highest BCUT2D eigenvalue weighted by Crippen LogP contribution is 2.03. The minimum atomic E-state index is -1.77. The van der Waals surface area contributed by atoms with Gasteiger partial charge in [-0.25, -0.2) is 5.43 Å². The number of aliphatic hydroxyl groups excluding tert-OH is 5. The molecule has 0 spiro atoms. The van der Waals surface area contributed by atoms with E-state index in [1.54, 1.807) is 0 Å². The van der Waals surface area contributed by atoms with E-state index < -0.39 is 36.9 Å². The summed E-state index contributed by atoms with van der Waals surface area (Å²) in [5, 5.41) is 49.5. The van der Waals surface area contributed by atoms with Crippen LogP contribution in [0.25, 0.3) is 0 Å². The molecule has 116 valence electrons. The van der Waals surface area contributed by atoms with Gasteiger partial charge < -0.3 is 25.5 Å². The third kappa shape index (κ3) is 5.17. The topological polar surface area (TPSA) is 156 Å². The maximum absolute atomic E-state index is 11.6. The van der Waals surface area contributed by atoms with Gasteiger partial charge in [-0.2, -0.15) is 5.10 Å². The average molecular weight is 299 g/mol. The molecule has 1 aromatic rings. The van der Waals surface area contributed by atoms with E-state index in [0.717, 1.165) is 6.21 Å². The molecule has 0 saturated heterocycles. The van der Waals surface area contributed by atoms with Crippen molar-refractivity contribution < 1.29 is 30.3 Å². The van der Waals surface area contributed by atoms with Gasteiger partial charge in [-0.1, -0.05) is 0 Å². The van der Waals surface area contributed by atoms with E-state index in [4.69, 9.17) is 10.2 Å². The lowest BCUT2D eigenvalue weighted by Crippen LogP contribution is -2.46. The fourth-order valence-electron chi connectivity index (χ4n) is 1.37. The Kier molecular flexibility index (Phi) is 6.85. The molecule has 4 atom stereocenters. The number of carbonyl (C=O) groups excluding carboxylic acids is 1. The molecule has 1 rings (SSSR count). The second-order valence-electron chi connectivity index (χ2n) is 4.18. The molecule has 0 aliphatic carbocycles. The highest BCUT2D eigenvalue weighted by molar-refractivity contribution is 5.94. The van der Waals surface area contributed by atoms with Gasteiger partial charge in [0.25, 0.3) is 5.91 Å². The van der Waals surface area contributed by atoms with Gasteiger partial charge in [-0.05, 0) is 12.1 Å². The maximum atomic E-state index is 11.6. The van der Waals surface area contributed by atoms with Crippen LogP contribution in [0, 0.1) is 0 Å². The summed E-state index contributed by atoms with van der Waals surface area (Å²) >= 11 is 0. The SMILES string of the molecule is O=C(N/N=C/[C@H](O)[C@@H](O)[C@H](O)[C@H](O)CO)c1ccncc1. The molecule has 0 radical (unpaired) electrons. The minimum absolute atomic E-state index is 0.299. The van der Waals surface area contributed by atoms with E-state index in [0.29, 0.717) is 5.56 Å². The van der Waals surface area contributed by atoms with Gasteiger partial charge in [0.05, 0.1) is 12.8 Å². The molecule has 9 nitrogen and oxygen atoms in total. The zero-order valence-electron chi connectivity index (χ0n) is 10.9. The lowest BCUT2D eigenvalue weighted by molar-refractivity contribution is -0.0999. The van der Waals surface area contributed by atoms with E-state index in [1.807, 2.05) is 0 Å². The van der Waals surface area contributed by atoms with Crippen molar-refractivity contribution in [1.82, 2.24) is 10.4 Å². The molecular formula is C12H17N3O6. The van der Waals surface area contributed by atoms with Gasteiger partial charge in [0.2, 0.25) is 0 Å². The fraction of sp³-hybridized carbons (Fsp3) is 0.417. The Labute approximate surface area is 120 Å². The molecule has 0 fully saturated rings. The second-order valence-corrected chi connectivity index (χ2v) is 4.18. The first-order valence-corrected chi connectivity index (χ1v) is 6.04. The number of hydrazone groups is 1. The number of hydrogen-bond donors (Lipinski definition) is 6. The van der Waals surface area contributed by atoms with Crippen molar-refractivity contribution in [3.05, 3.63) is 30.1 Å². The van der Waals surface area contributed by atoms with Crippen molar-refractivity contribution in [3.8, 4) is 0 Å². The summed E-state index contributed by atoms with van der Waals surface area (Å²) in [6.07, 6.45) is -3.14. The van der Waals surface area contributed by atoms with Crippen LogP contribution in [0.2, 0.25) is 0 Å². The molecule has 6 N–H and O–H groups in total. The van der Waals surface area contributed by atoms with Crippen molar-refractivity contribution in [2.24, 2.45) is 5.10 Å².